The number of sulfonamides is 1. The van der Waals surface area contributed by atoms with Gasteiger partial charge in [0.15, 0.2) is 6.61 Å². The molecule has 0 amide bonds. The van der Waals surface area contributed by atoms with E-state index in [9.17, 15) is 13.2 Å². The molecule has 0 aromatic heterocycles. The van der Waals surface area contributed by atoms with Gasteiger partial charge in [0.05, 0.1) is 13.4 Å². The molecule has 0 unspecified atom stereocenters. The third-order valence-corrected chi connectivity index (χ3v) is 2.35. The number of methoxy groups -OCH3 is 1. The van der Waals surface area contributed by atoms with E-state index in [4.69, 9.17) is 4.74 Å². The summed E-state index contributed by atoms with van der Waals surface area (Å²) >= 11 is 0. The van der Waals surface area contributed by atoms with Gasteiger partial charge in [0, 0.05) is 5.69 Å². The van der Waals surface area contributed by atoms with Gasteiger partial charge in [-0.1, -0.05) is 0 Å². The summed E-state index contributed by atoms with van der Waals surface area (Å²) in [5.74, 6) is -0.0298. The van der Waals surface area contributed by atoms with Gasteiger partial charge in [0.2, 0.25) is 10.0 Å². The quantitative estimate of drug-likeness (QED) is 0.783. The van der Waals surface area contributed by atoms with Crippen molar-refractivity contribution in [1.29, 1.82) is 0 Å². The Morgan fingerprint density at radius 2 is 1.88 bits per heavy atom. The number of anilines is 1. The molecule has 0 saturated heterocycles. The number of benzene rings is 1. The van der Waals surface area contributed by atoms with E-state index in [2.05, 4.69) is 9.46 Å². The number of rotatable bonds is 5. The summed E-state index contributed by atoms with van der Waals surface area (Å²) in [6, 6.07) is 6.17. The Morgan fingerprint density at radius 1 is 1.29 bits per heavy atom. The molecule has 17 heavy (non-hydrogen) atoms. The summed E-state index contributed by atoms with van der Waals surface area (Å²) in [7, 11) is -2.02. The van der Waals surface area contributed by atoms with Crippen molar-refractivity contribution in [1.82, 2.24) is 0 Å². The molecule has 0 aliphatic rings. The van der Waals surface area contributed by atoms with E-state index in [0.717, 1.165) is 6.26 Å². The highest BCUT2D eigenvalue weighted by Gasteiger charge is 2.03. The van der Waals surface area contributed by atoms with E-state index >= 15 is 0 Å². The van der Waals surface area contributed by atoms with Crippen molar-refractivity contribution in [2.45, 2.75) is 0 Å². The van der Waals surface area contributed by atoms with Crippen LogP contribution in [0.25, 0.3) is 0 Å². The first-order valence-corrected chi connectivity index (χ1v) is 6.57. The summed E-state index contributed by atoms with van der Waals surface area (Å²) in [6.07, 6.45) is 1.06. The smallest absolute Gasteiger partial charge is 0.343 e. The van der Waals surface area contributed by atoms with Crippen LogP contribution in [0.2, 0.25) is 0 Å². The average molecular weight is 259 g/mol. The van der Waals surface area contributed by atoms with Gasteiger partial charge in [-0.05, 0) is 24.3 Å². The van der Waals surface area contributed by atoms with Crippen LogP contribution in [-0.2, 0) is 19.6 Å². The van der Waals surface area contributed by atoms with Crippen LogP contribution in [0.15, 0.2) is 24.3 Å². The molecule has 0 bridgehead atoms. The molecule has 0 radical (unpaired) electrons. The molecule has 0 aliphatic heterocycles. The van der Waals surface area contributed by atoms with Gasteiger partial charge in [-0.2, -0.15) is 0 Å². The maximum absolute atomic E-state index is 10.9. The van der Waals surface area contributed by atoms with Gasteiger partial charge < -0.3 is 9.47 Å². The second-order valence-corrected chi connectivity index (χ2v) is 5.01. The first-order chi connectivity index (χ1) is 7.90. The Kier molecular flexibility index (Phi) is 4.33. The van der Waals surface area contributed by atoms with E-state index in [0.29, 0.717) is 11.4 Å². The SMILES string of the molecule is COC(=O)COc1ccc(NS(C)(=O)=O)cc1. The predicted octanol–water partition coefficient (Wildman–Crippen LogP) is 0.610. The predicted molar refractivity (Wildman–Crippen MR) is 62.4 cm³/mol. The monoisotopic (exact) mass is 259 g/mol. The normalized spacial score (nSPS) is 10.7. The minimum atomic E-state index is -3.28. The largest absolute Gasteiger partial charge is 0.482 e. The van der Waals surface area contributed by atoms with Crippen LogP contribution in [0.4, 0.5) is 5.69 Å². The fourth-order valence-electron chi connectivity index (χ4n) is 1.03. The maximum atomic E-state index is 10.9. The lowest BCUT2D eigenvalue weighted by Crippen LogP contribution is -2.12. The van der Waals surface area contributed by atoms with E-state index in [-0.39, 0.29) is 6.61 Å². The van der Waals surface area contributed by atoms with Gasteiger partial charge in [-0.25, -0.2) is 13.2 Å². The van der Waals surface area contributed by atoms with Gasteiger partial charge >= 0.3 is 5.97 Å². The van der Waals surface area contributed by atoms with E-state index in [1.165, 1.54) is 19.2 Å². The van der Waals surface area contributed by atoms with Gasteiger partial charge in [0.1, 0.15) is 5.75 Å². The summed E-state index contributed by atoms with van der Waals surface area (Å²) in [5, 5.41) is 0. The Balaban J connectivity index is 2.59. The molecule has 1 rings (SSSR count). The summed E-state index contributed by atoms with van der Waals surface area (Å²) in [4.78, 5) is 10.8. The molecule has 0 aliphatic carbocycles. The fourth-order valence-corrected chi connectivity index (χ4v) is 1.60. The summed E-state index contributed by atoms with van der Waals surface area (Å²) < 4.78 is 33.7. The second kappa shape index (κ2) is 5.53. The Labute approximate surface area is 99.6 Å². The van der Waals surface area contributed by atoms with Crippen molar-refractivity contribution < 1.29 is 22.7 Å². The van der Waals surface area contributed by atoms with E-state index < -0.39 is 16.0 Å². The molecule has 1 aromatic carbocycles. The molecule has 7 heteroatoms. The van der Waals surface area contributed by atoms with Gasteiger partial charge in [0.25, 0.3) is 0 Å². The van der Waals surface area contributed by atoms with Crippen molar-refractivity contribution in [2.24, 2.45) is 0 Å². The molecule has 94 valence electrons. The topological polar surface area (TPSA) is 81.7 Å². The van der Waals surface area contributed by atoms with Crippen LogP contribution >= 0.6 is 0 Å². The molecular formula is C10H13NO5S. The van der Waals surface area contributed by atoms with Crippen LogP contribution in [0.1, 0.15) is 0 Å². The van der Waals surface area contributed by atoms with Gasteiger partial charge in [-0.15, -0.1) is 0 Å². The number of ether oxygens (including phenoxy) is 2. The van der Waals surface area contributed by atoms with Gasteiger partial charge in [-0.3, -0.25) is 4.72 Å². The maximum Gasteiger partial charge on any atom is 0.343 e. The zero-order valence-corrected chi connectivity index (χ0v) is 10.3. The first kappa shape index (κ1) is 13.3. The van der Waals surface area contributed by atoms with Crippen molar-refractivity contribution in [3.8, 4) is 5.75 Å². The lowest BCUT2D eigenvalue weighted by molar-refractivity contribution is -0.142. The van der Waals surface area contributed by atoms with E-state index in [1.54, 1.807) is 12.1 Å². The highest BCUT2D eigenvalue weighted by atomic mass is 32.2. The van der Waals surface area contributed by atoms with Crippen molar-refractivity contribution in [3.05, 3.63) is 24.3 Å². The molecule has 0 fully saturated rings. The number of nitrogens with one attached hydrogen (secondary N) is 1. The molecule has 6 nitrogen and oxygen atoms in total. The average Bonchev–Trinajstić information content (AvgIpc) is 2.25. The van der Waals surface area contributed by atoms with Crippen LogP contribution in [0.3, 0.4) is 0 Å². The summed E-state index contributed by atoms with van der Waals surface area (Å²) in [6.45, 7) is -0.185. The molecule has 0 atom stereocenters. The lowest BCUT2D eigenvalue weighted by atomic mass is 10.3. The zero-order valence-electron chi connectivity index (χ0n) is 9.47. The number of carbonyl (C=O) groups is 1. The fraction of sp³-hybridized carbons (Fsp3) is 0.300. The molecular weight excluding hydrogens is 246 g/mol. The zero-order chi connectivity index (χ0) is 12.9. The third-order valence-electron chi connectivity index (χ3n) is 1.74. The first-order valence-electron chi connectivity index (χ1n) is 4.68. The highest BCUT2D eigenvalue weighted by molar-refractivity contribution is 7.92. The number of hydrogen-bond acceptors (Lipinski definition) is 5. The van der Waals surface area contributed by atoms with Crippen LogP contribution in [-0.4, -0.2) is 34.4 Å². The van der Waals surface area contributed by atoms with E-state index in [1.807, 2.05) is 0 Å². The third kappa shape index (κ3) is 5.21. The molecule has 0 saturated carbocycles. The minimum Gasteiger partial charge on any atom is -0.482 e. The molecule has 0 spiro atoms. The highest BCUT2D eigenvalue weighted by Crippen LogP contribution is 2.16. The Bertz CT molecular complexity index is 480. The Hall–Kier alpha value is -1.76. The van der Waals surface area contributed by atoms with Crippen LogP contribution in [0, 0.1) is 0 Å². The van der Waals surface area contributed by atoms with Crippen molar-refractivity contribution in [3.63, 3.8) is 0 Å². The number of esters is 1. The van der Waals surface area contributed by atoms with Crippen LogP contribution in [0.5, 0.6) is 5.75 Å². The molecule has 0 heterocycles. The van der Waals surface area contributed by atoms with Crippen molar-refractivity contribution in [2.75, 3.05) is 24.7 Å². The number of carbonyl (C=O) groups excluding carboxylic acids is 1. The number of hydrogen-bond donors (Lipinski definition) is 1. The van der Waals surface area contributed by atoms with Crippen molar-refractivity contribution >= 4 is 21.7 Å². The minimum absolute atomic E-state index is 0.185. The Morgan fingerprint density at radius 3 is 2.35 bits per heavy atom. The second-order valence-electron chi connectivity index (χ2n) is 3.26. The lowest BCUT2D eigenvalue weighted by Gasteiger charge is -2.06. The molecule has 1 aromatic rings. The standard InChI is InChI=1S/C10H13NO5S/c1-15-10(12)7-16-9-5-3-8(4-6-9)11-17(2,13)14/h3-6,11H,7H2,1-2H3. The summed E-state index contributed by atoms with van der Waals surface area (Å²) in [5.41, 5.74) is 0.429. The van der Waals surface area contributed by atoms with Crippen LogP contribution < -0.4 is 9.46 Å². The molecule has 1 N–H and O–H groups in total.